The average molecular weight is 304 g/mol. The van der Waals surface area contributed by atoms with Gasteiger partial charge in [0.2, 0.25) is 0 Å². The molecule has 0 bridgehead atoms. The van der Waals surface area contributed by atoms with Gasteiger partial charge in [-0.15, -0.1) is 0 Å². The van der Waals surface area contributed by atoms with Crippen molar-refractivity contribution in [2.24, 2.45) is 5.92 Å². The number of ether oxygens (including phenoxy) is 1. The number of hydrogen-bond acceptors (Lipinski definition) is 4. The van der Waals surface area contributed by atoms with Gasteiger partial charge in [0, 0.05) is 13.1 Å². The molecule has 7 heteroatoms. The SMILES string of the molecule is CCCN(C(=O)NCCCSC)C1COCC1C(=O)O. The summed E-state index contributed by atoms with van der Waals surface area (Å²) in [4.78, 5) is 25.0. The third-order valence-electron chi connectivity index (χ3n) is 3.29. The first kappa shape index (κ1) is 17.1. The highest BCUT2D eigenvalue weighted by atomic mass is 32.2. The van der Waals surface area contributed by atoms with Crippen LogP contribution in [0.4, 0.5) is 4.79 Å². The highest BCUT2D eigenvalue weighted by Crippen LogP contribution is 2.20. The zero-order valence-electron chi connectivity index (χ0n) is 12.1. The standard InChI is InChI=1S/C13H24N2O4S/c1-3-6-15(13(18)14-5-4-7-20-2)11-9-19-8-10(11)12(16)17/h10-11H,3-9H2,1-2H3,(H,14,18)(H,16,17). The summed E-state index contributed by atoms with van der Waals surface area (Å²) < 4.78 is 5.25. The smallest absolute Gasteiger partial charge is 0.317 e. The predicted octanol–water partition coefficient (Wildman–Crippen LogP) is 1.26. The van der Waals surface area contributed by atoms with Crippen molar-refractivity contribution in [3.05, 3.63) is 0 Å². The first-order chi connectivity index (χ1) is 9.61. The van der Waals surface area contributed by atoms with E-state index in [-0.39, 0.29) is 18.7 Å². The van der Waals surface area contributed by atoms with Crippen LogP contribution in [0.15, 0.2) is 0 Å². The van der Waals surface area contributed by atoms with Crippen LogP contribution in [0.1, 0.15) is 19.8 Å². The molecule has 0 aromatic carbocycles. The normalized spacial score (nSPS) is 21.7. The number of thioether (sulfide) groups is 1. The van der Waals surface area contributed by atoms with E-state index in [9.17, 15) is 14.7 Å². The minimum absolute atomic E-state index is 0.181. The van der Waals surface area contributed by atoms with Gasteiger partial charge in [0.25, 0.3) is 0 Å². The van der Waals surface area contributed by atoms with Crippen LogP contribution in [-0.4, -0.2) is 66.4 Å². The van der Waals surface area contributed by atoms with Gasteiger partial charge in [-0.2, -0.15) is 11.8 Å². The van der Waals surface area contributed by atoms with Gasteiger partial charge in [0.05, 0.1) is 19.3 Å². The molecule has 6 nitrogen and oxygen atoms in total. The topological polar surface area (TPSA) is 78.9 Å². The predicted molar refractivity (Wildman–Crippen MR) is 79.1 cm³/mol. The monoisotopic (exact) mass is 304 g/mol. The molecular formula is C13H24N2O4S. The van der Waals surface area contributed by atoms with E-state index >= 15 is 0 Å². The van der Waals surface area contributed by atoms with Gasteiger partial charge >= 0.3 is 12.0 Å². The van der Waals surface area contributed by atoms with E-state index in [1.54, 1.807) is 16.7 Å². The van der Waals surface area contributed by atoms with Gasteiger partial charge in [0.1, 0.15) is 5.92 Å². The van der Waals surface area contributed by atoms with Gasteiger partial charge in [-0.3, -0.25) is 4.79 Å². The third kappa shape index (κ3) is 4.86. The van der Waals surface area contributed by atoms with Crippen LogP contribution in [0.3, 0.4) is 0 Å². The van der Waals surface area contributed by atoms with Crippen molar-refractivity contribution in [2.75, 3.05) is 38.3 Å². The van der Waals surface area contributed by atoms with Gasteiger partial charge < -0.3 is 20.1 Å². The molecule has 1 rings (SSSR count). The van der Waals surface area contributed by atoms with E-state index in [2.05, 4.69) is 5.32 Å². The Balaban J connectivity index is 2.58. The summed E-state index contributed by atoms with van der Waals surface area (Å²) >= 11 is 1.74. The van der Waals surface area contributed by atoms with Gasteiger partial charge in [-0.05, 0) is 24.9 Å². The summed E-state index contributed by atoms with van der Waals surface area (Å²) in [5, 5.41) is 12.1. The van der Waals surface area contributed by atoms with E-state index in [0.29, 0.717) is 19.7 Å². The number of urea groups is 1. The number of hydrogen-bond donors (Lipinski definition) is 2. The minimum atomic E-state index is -0.899. The highest BCUT2D eigenvalue weighted by Gasteiger charge is 2.39. The first-order valence-corrected chi connectivity index (χ1v) is 8.35. The van der Waals surface area contributed by atoms with Crippen LogP contribution in [-0.2, 0) is 9.53 Å². The molecule has 2 N–H and O–H groups in total. The van der Waals surface area contributed by atoms with E-state index in [0.717, 1.165) is 18.6 Å². The zero-order valence-corrected chi connectivity index (χ0v) is 12.9. The summed E-state index contributed by atoms with van der Waals surface area (Å²) in [5.41, 5.74) is 0. The van der Waals surface area contributed by atoms with Crippen LogP contribution in [0, 0.1) is 5.92 Å². The summed E-state index contributed by atoms with van der Waals surface area (Å²) in [7, 11) is 0. The minimum Gasteiger partial charge on any atom is -0.481 e. The van der Waals surface area contributed by atoms with Gasteiger partial charge in [0.15, 0.2) is 0 Å². The second kappa shape index (κ2) is 9.07. The Morgan fingerprint density at radius 1 is 1.45 bits per heavy atom. The van der Waals surface area contributed by atoms with Crippen LogP contribution in [0.5, 0.6) is 0 Å². The van der Waals surface area contributed by atoms with Crippen molar-refractivity contribution in [3.63, 3.8) is 0 Å². The maximum atomic E-state index is 12.2. The van der Waals surface area contributed by atoms with Crippen molar-refractivity contribution in [1.29, 1.82) is 0 Å². The lowest BCUT2D eigenvalue weighted by atomic mass is 10.0. The van der Waals surface area contributed by atoms with Crippen LogP contribution in [0.2, 0.25) is 0 Å². The Labute approximate surface area is 124 Å². The van der Waals surface area contributed by atoms with Crippen molar-refractivity contribution in [1.82, 2.24) is 10.2 Å². The number of nitrogens with zero attached hydrogens (tertiary/aromatic N) is 1. The summed E-state index contributed by atoms with van der Waals surface area (Å²) in [6, 6.07) is -0.553. The molecule has 0 aliphatic carbocycles. The van der Waals surface area contributed by atoms with E-state index in [4.69, 9.17) is 4.74 Å². The number of amides is 2. The van der Waals surface area contributed by atoms with Crippen LogP contribution in [0.25, 0.3) is 0 Å². The van der Waals surface area contributed by atoms with Crippen molar-refractivity contribution < 1.29 is 19.4 Å². The van der Waals surface area contributed by atoms with Crippen LogP contribution >= 0.6 is 11.8 Å². The molecule has 1 aliphatic rings. The zero-order chi connectivity index (χ0) is 15.0. The molecule has 0 spiro atoms. The molecule has 0 aromatic rings. The molecule has 0 saturated carbocycles. The second-order valence-corrected chi connectivity index (χ2v) is 5.81. The Bertz CT molecular complexity index is 327. The average Bonchev–Trinajstić information content (AvgIpc) is 2.90. The number of nitrogens with one attached hydrogen (secondary N) is 1. The molecule has 1 aliphatic heterocycles. The molecule has 2 amide bonds. The Morgan fingerprint density at radius 2 is 2.20 bits per heavy atom. The summed E-state index contributed by atoms with van der Waals surface area (Å²) in [6.07, 6.45) is 3.73. The van der Waals surface area contributed by atoms with E-state index in [1.165, 1.54) is 0 Å². The highest BCUT2D eigenvalue weighted by molar-refractivity contribution is 7.98. The van der Waals surface area contributed by atoms with Crippen molar-refractivity contribution >= 4 is 23.8 Å². The quantitative estimate of drug-likeness (QED) is 0.660. The maximum Gasteiger partial charge on any atom is 0.317 e. The van der Waals surface area contributed by atoms with Gasteiger partial charge in [-0.25, -0.2) is 4.79 Å². The van der Waals surface area contributed by atoms with E-state index < -0.39 is 11.9 Å². The van der Waals surface area contributed by atoms with E-state index in [1.807, 2.05) is 13.2 Å². The summed E-state index contributed by atoms with van der Waals surface area (Å²) in [6.45, 7) is 3.62. The molecule has 116 valence electrons. The van der Waals surface area contributed by atoms with Crippen molar-refractivity contribution in [2.45, 2.75) is 25.8 Å². The number of rotatable bonds is 8. The lowest BCUT2D eigenvalue weighted by Crippen LogP contribution is -2.51. The molecule has 1 heterocycles. The number of carboxylic acid groups (broad SMARTS) is 1. The Hall–Kier alpha value is -0.950. The van der Waals surface area contributed by atoms with Crippen molar-refractivity contribution in [3.8, 4) is 0 Å². The number of carbonyl (C=O) groups is 2. The Morgan fingerprint density at radius 3 is 2.80 bits per heavy atom. The molecule has 1 saturated heterocycles. The molecule has 2 atom stereocenters. The molecule has 0 aromatic heterocycles. The molecular weight excluding hydrogens is 280 g/mol. The fraction of sp³-hybridized carbons (Fsp3) is 0.846. The molecule has 20 heavy (non-hydrogen) atoms. The summed E-state index contributed by atoms with van der Waals surface area (Å²) in [5.74, 6) is -0.527. The first-order valence-electron chi connectivity index (χ1n) is 6.95. The van der Waals surface area contributed by atoms with Crippen LogP contribution < -0.4 is 5.32 Å². The maximum absolute atomic E-state index is 12.2. The number of aliphatic carboxylic acids is 1. The molecule has 1 fully saturated rings. The molecule has 2 unspecified atom stereocenters. The number of carbonyl (C=O) groups excluding carboxylic acids is 1. The van der Waals surface area contributed by atoms with Gasteiger partial charge in [-0.1, -0.05) is 6.92 Å². The Kier molecular flexibility index (Phi) is 7.76. The third-order valence-corrected chi connectivity index (χ3v) is 3.99. The lowest BCUT2D eigenvalue weighted by molar-refractivity contribution is -0.142. The number of carboxylic acids is 1. The second-order valence-electron chi connectivity index (χ2n) is 4.82. The fourth-order valence-electron chi connectivity index (χ4n) is 2.26. The molecule has 0 radical (unpaired) electrons. The fourth-order valence-corrected chi connectivity index (χ4v) is 2.69. The lowest BCUT2D eigenvalue weighted by Gasteiger charge is -2.30. The largest absolute Gasteiger partial charge is 0.481 e.